The third-order valence-corrected chi connectivity index (χ3v) is 3.51. The standard InChI is InChI=1S/C16H26N4O/c1-12(2)5-7-21-8-6-17-10-14-9-15-13(3)19-20(4)16(15)18-11-14/h9,11-12,17H,5-8,10H2,1-4H3. The lowest BCUT2D eigenvalue weighted by atomic mass is 10.1. The summed E-state index contributed by atoms with van der Waals surface area (Å²) in [6.07, 6.45) is 3.04. The van der Waals surface area contributed by atoms with Crippen molar-refractivity contribution in [3.63, 3.8) is 0 Å². The zero-order chi connectivity index (χ0) is 15.2. The number of hydrogen-bond acceptors (Lipinski definition) is 4. The fraction of sp³-hybridized carbons (Fsp3) is 0.625. The normalized spacial score (nSPS) is 11.7. The molecule has 116 valence electrons. The quantitative estimate of drug-likeness (QED) is 0.759. The zero-order valence-electron chi connectivity index (χ0n) is 13.5. The molecule has 0 aromatic carbocycles. The van der Waals surface area contributed by atoms with Crippen LogP contribution in [0.1, 0.15) is 31.5 Å². The molecule has 0 amide bonds. The van der Waals surface area contributed by atoms with E-state index in [1.165, 1.54) is 5.56 Å². The average molecular weight is 290 g/mol. The van der Waals surface area contributed by atoms with E-state index in [0.29, 0.717) is 5.92 Å². The van der Waals surface area contributed by atoms with E-state index in [0.717, 1.165) is 49.5 Å². The van der Waals surface area contributed by atoms with Crippen LogP contribution in [0.5, 0.6) is 0 Å². The number of nitrogens with one attached hydrogen (secondary N) is 1. The van der Waals surface area contributed by atoms with Crippen LogP contribution in [0.3, 0.4) is 0 Å². The van der Waals surface area contributed by atoms with Crippen LogP contribution in [0.15, 0.2) is 12.3 Å². The molecule has 21 heavy (non-hydrogen) atoms. The minimum Gasteiger partial charge on any atom is -0.380 e. The van der Waals surface area contributed by atoms with Crippen LogP contribution in [-0.2, 0) is 18.3 Å². The van der Waals surface area contributed by atoms with Crippen molar-refractivity contribution in [2.75, 3.05) is 19.8 Å². The molecule has 2 aromatic heterocycles. The van der Waals surface area contributed by atoms with Crippen molar-refractivity contribution in [2.45, 2.75) is 33.7 Å². The van der Waals surface area contributed by atoms with Gasteiger partial charge in [0.2, 0.25) is 0 Å². The van der Waals surface area contributed by atoms with E-state index >= 15 is 0 Å². The highest BCUT2D eigenvalue weighted by Gasteiger charge is 2.06. The van der Waals surface area contributed by atoms with Crippen molar-refractivity contribution in [1.82, 2.24) is 20.1 Å². The Hall–Kier alpha value is -1.46. The summed E-state index contributed by atoms with van der Waals surface area (Å²) in [4.78, 5) is 4.48. The largest absolute Gasteiger partial charge is 0.380 e. The smallest absolute Gasteiger partial charge is 0.157 e. The summed E-state index contributed by atoms with van der Waals surface area (Å²) in [5.41, 5.74) is 3.15. The van der Waals surface area contributed by atoms with Crippen LogP contribution < -0.4 is 5.32 Å². The maximum absolute atomic E-state index is 5.58. The molecular weight excluding hydrogens is 264 g/mol. The van der Waals surface area contributed by atoms with Gasteiger partial charge < -0.3 is 10.1 Å². The molecule has 0 radical (unpaired) electrons. The molecule has 0 saturated heterocycles. The van der Waals surface area contributed by atoms with Gasteiger partial charge in [0.1, 0.15) is 0 Å². The molecule has 2 heterocycles. The van der Waals surface area contributed by atoms with Crippen molar-refractivity contribution < 1.29 is 4.74 Å². The Balaban J connectivity index is 1.75. The highest BCUT2D eigenvalue weighted by atomic mass is 16.5. The highest BCUT2D eigenvalue weighted by molar-refractivity contribution is 5.78. The van der Waals surface area contributed by atoms with Gasteiger partial charge in [-0.1, -0.05) is 13.8 Å². The van der Waals surface area contributed by atoms with Crippen molar-refractivity contribution in [3.05, 3.63) is 23.5 Å². The van der Waals surface area contributed by atoms with Gasteiger partial charge in [-0.2, -0.15) is 5.10 Å². The molecule has 5 nitrogen and oxygen atoms in total. The minimum atomic E-state index is 0.707. The van der Waals surface area contributed by atoms with Crippen molar-refractivity contribution in [1.29, 1.82) is 0 Å². The summed E-state index contributed by atoms with van der Waals surface area (Å²) in [6, 6.07) is 2.16. The molecule has 0 bridgehead atoms. The lowest BCUT2D eigenvalue weighted by Crippen LogP contribution is -2.19. The summed E-state index contributed by atoms with van der Waals surface area (Å²) in [5, 5.41) is 8.91. The predicted octanol–water partition coefficient (Wildman–Crippen LogP) is 2.43. The van der Waals surface area contributed by atoms with Crippen LogP contribution in [-0.4, -0.2) is 34.5 Å². The van der Waals surface area contributed by atoms with Gasteiger partial charge in [0, 0.05) is 38.3 Å². The van der Waals surface area contributed by atoms with Gasteiger partial charge >= 0.3 is 0 Å². The number of fused-ring (bicyclic) bond motifs is 1. The van der Waals surface area contributed by atoms with E-state index < -0.39 is 0 Å². The molecule has 0 aliphatic carbocycles. The Morgan fingerprint density at radius 3 is 2.90 bits per heavy atom. The summed E-state index contributed by atoms with van der Waals surface area (Å²) in [7, 11) is 1.93. The van der Waals surface area contributed by atoms with E-state index in [1.54, 1.807) is 0 Å². The number of hydrogen-bond donors (Lipinski definition) is 1. The molecule has 0 aliphatic heterocycles. The molecule has 0 saturated carbocycles. The van der Waals surface area contributed by atoms with Gasteiger partial charge in [0.05, 0.1) is 12.3 Å². The lowest BCUT2D eigenvalue weighted by molar-refractivity contribution is 0.125. The average Bonchev–Trinajstić information content (AvgIpc) is 2.72. The van der Waals surface area contributed by atoms with Crippen LogP contribution in [0.25, 0.3) is 11.0 Å². The number of aryl methyl sites for hydroxylation is 2. The summed E-state index contributed by atoms with van der Waals surface area (Å²) >= 11 is 0. The third-order valence-electron chi connectivity index (χ3n) is 3.51. The van der Waals surface area contributed by atoms with Gasteiger partial charge in [-0.15, -0.1) is 0 Å². The first kappa shape index (κ1) is 15.9. The number of rotatable bonds is 8. The molecule has 5 heteroatoms. The Labute approximate surface area is 126 Å². The predicted molar refractivity (Wildman–Crippen MR) is 85.2 cm³/mol. The Morgan fingerprint density at radius 2 is 2.14 bits per heavy atom. The summed E-state index contributed by atoms with van der Waals surface area (Å²) < 4.78 is 7.41. The molecule has 0 aliphatic rings. The topological polar surface area (TPSA) is 52.0 Å². The van der Waals surface area contributed by atoms with E-state index in [-0.39, 0.29) is 0 Å². The SMILES string of the molecule is Cc1nn(C)c2ncc(CNCCOCCC(C)C)cc12. The summed E-state index contributed by atoms with van der Waals surface area (Å²) in [6.45, 7) is 9.73. The number of pyridine rings is 1. The molecule has 0 unspecified atom stereocenters. The highest BCUT2D eigenvalue weighted by Crippen LogP contribution is 2.16. The Morgan fingerprint density at radius 1 is 1.33 bits per heavy atom. The molecule has 0 spiro atoms. The third kappa shape index (κ3) is 4.51. The molecule has 2 aromatic rings. The van der Waals surface area contributed by atoms with E-state index in [1.807, 2.05) is 24.9 Å². The van der Waals surface area contributed by atoms with Gasteiger partial charge in [0.15, 0.2) is 5.65 Å². The second kappa shape index (κ2) is 7.52. The number of ether oxygens (including phenoxy) is 1. The molecule has 0 fully saturated rings. The van der Waals surface area contributed by atoms with Gasteiger partial charge in [-0.3, -0.25) is 4.68 Å². The minimum absolute atomic E-state index is 0.707. The second-order valence-electron chi connectivity index (χ2n) is 5.90. The Bertz CT molecular complexity index is 577. The number of aromatic nitrogens is 3. The van der Waals surface area contributed by atoms with Crippen LogP contribution in [0.2, 0.25) is 0 Å². The first-order chi connectivity index (χ1) is 10.1. The van der Waals surface area contributed by atoms with Crippen LogP contribution in [0.4, 0.5) is 0 Å². The van der Waals surface area contributed by atoms with E-state index in [9.17, 15) is 0 Å². The Kier molecular flexibility index (Phi) is 5.70. The van der Waals surface area contributed by atoms with Crippen molar-refractivity contribution in [3.8, 4) is 0 Å². The second-order valence-corrected chi connectivity index (χ2v) is 5.90. The first-order valence-corrected chi connectivity index (χ1v) is 7.64. The molecule has 0 atom stereocenters. The van der Waals surface area contributed by atoms with Crippen LogP contribution in [0, 0.1) is 12.8 Å². The van der Waals surface area contributed by atoms with Crippen molar-refractivity contribution in [2.24, 2.45) is 13.0 Å². The van der Waals surface area contributed by atoms with Gasteiger partial charge in [-0.25, -0.2) is 4.98 Å². The molecule has 2 rings (SSSR count). The summed E-state index contributed by atoms with van der Waals surface area (Å²) in [5.74, 6) is 0.707. The monoisotopic (exact) mass is 290 g/mol. The number of nitrogens with zero attached hydrogens (tertiary/aromatic N) is 3. The maximum Gasteiger partial charge on any atom is 0.157 e. The fourth-order valence-corrected chi connectivity index (χ4v) is 2.25. The van der Waals surface area contributed by atoms with Crippen molar-refractivity contribution >= 4 is 11.0 Å². The first-order valence-electron chi connectivity index (χ1n) is 7.64. The van der Waals surface area contributed by atoms with Gasteiger partial charge in [-0.05, 0) is 30.9 Å². The molecular formula is C16H26N4O. The lowest BCUT2D eigenvalue weighted by Gasteiger charge is -2.08. The molecule has 1 N–H and O–H groups in total. The van der Waals surface area contributed by atoms with Crippen LogP contribution >= 0.6 is 0 Å². The van der Waals surface area contributed by atoms with Gasteiger partial charge in [0.25, 0.3) is 0 Å². The maximum atomic E-state index is 5.58. The zero-order valence-corrected chi connectivity index (χ0v) is 13.5. The van der Waals surface area contributed by atoms with E-state index in [2.05, 4.69) is 35.3 Å². The fourth-order valence-electron chi connectivity index (χ4n) is 2.25. The van der Waals surface area contributed by atoms with E-state index in [4.69, 9.17) is 4.74 Å².